The van der Waals surface area contributed by atoms with Crippen molar-refractivity contribution in [1.29, 1.82) is 0 Å². The Bertz CT molecular complexity index is 51.1. The smallest absolute Gasteiger partial charge is 0.0880 e. The topological polar surface area (TPSA) is 0 Å². The summed E-state index contributed by atoms with van der Waals surface area (Å²) in [4.78, 5) is 0. The lowest BCUT2D eigenvalue weighted by molar-refractivity contribution is 0.610. The molecule has 0 aliphatic heterocycles. The van der Waals surface area contributed by atoms with Crippen molar-refractivity contribution < 1.29 is 0 Å². The van der Waals surface area contributed by atoms with E-state index in [-0.39, 0.29) is 0 Å². The highest BCUT2D eigenvalue weighted by Crippen LogP contribution is 2.26. The fourth-order valence-electron chi connectivity index (χ4n) is 1.13. The molecule has 0 saturated heterocycles. The molecule has 1 saturated carbocycles. The van der Waals surface area contributed by atoms with Gasteiger partial charge in [-0.1, -0.05) is 0 Å². The molecule has 0 unspecified atom stereocenters. The maximum atomic E-state index is 3.86. The van der Waals surface area contributed by atoms with Gasteiger partial charge in [-0.2, -0.15) is 6.42 Å². The van der Waals surface area contributed by atoms with Crippen LogP contribution in [0.3, 0.4) is 0 Å². The first kappa shape index (κ1) is 6.00. The van der Waals surface area contributed by atoms with Gasteiger partial charge < -0.3 is 6.92 Å². The lowest BCUT2D eigenvalue weighted by Gasteiger charge is -2.16. The van der Waals surface area contributed by atoms with Gasteiger partial charge in [-0.25, -0.2) is 0 Å². The van der Waals surface area contributed by atoms with E-state index in [1.165, 1.54) is 25.7 Å². The second-order valence-electron chi connectivity index (χ2n) is 2.37. The molecule has 1 radical (unpaired) electrons. The van der Waals surface area contributed by atoms with Crippen LogP contribution in [0.15, 0.2) is 0 Å². The molecular formula is C8H13. The first-order valence-electron chi connectivity index (χ1n) is 3.38. The highest BCUT2D eigenvalue weighted by molar-refractivity contribution is 4.97. The Morgan fingerprint density at radius 3 is 2.38 bits per heavy atom. The molecule has 0 nitrogen and oxygen atoms in total. The molecule has 1 fully saturated rings. The van der Waals surface area contributed by atoms with E-state index in [1.807, 2.05) is 0 Å². The molecule has 0 atom stereocenters. The summed E-state index contributed by atoms with van der Waals surface area (Å²) >= 11 is 0. The van der Waals surface area contributed by atoms with Gasteiger partial charge >= 0.3 is 0 Å². The minimum atomic E-state index is 1.06. The van der Waals surface area contributed by atoms with E-state index in [4.69, 9.17) is 0 Å². The molecule has 0 heterocycles. The fourth-order valence-corrected chi connectivity index (χ4v) is 1.13. The predicted molar refractivity (Wildman–Crippen MR) is 36.0 cm³/mol. The minimum absolute atomic E-state index is 1.06. The molecule has 0 aromatic carbocycles. The first-order chi connectivity index (χ1) is 3.93. The Hall–Kier alpha value is -0.130. The third-order valence-corrected chi connectivity index (χ3v) is 1.76. The zero-order valence-corrected chi connectivity index (χ0v) is 5.32. The Morgan fingerprint density at radius 2 is 2.00 bits per heavy atom. The van der Waals surface area contributed by atoms with Crippen molar-refractivity contribution in [1.82, 2.24) is 0 Å². The van der Waals surface area contributed by atoms with E-state index in [9.17, 15) is 0 Å². The molecule has 1 aliphatic rings. The summed E-state index contributed by atoms with van der Waals surface area (Å²) in [6, 6.07) is 0. The molecule has 0 spiro atoms. The average Bonchev–Trinajstić information content (AvgIpc) is 1.90. The lowest BCUT2D eigenvalue weighted by Crippen LogP contribution is -2.01. The standard InChI is InChI=1S/C8H13/c1-2-8-6-4-3-5-7-8/h3H,1-2,4-7H2. The maximum absolute atomic E-state index is 3.86. The number of rotatable bonds is 1. The van der Waals surface area contributed by atoms with Crippen molar-refractivity contribution >= 4 is 0 Å². The van der Waals surface area contributed by atoms with E-state index < -0.39 is 0 Å². The predicted octanol–water partition coefficient (Wildman–Crippen LogP) is 2.56. The average molecular weight is 109 g/mol. The Labute approximate surface area is 52.3 Å². The second-order valence-corrected chi connectivity index (χ2v) is 2.37. The van der Waals surface area contributed by atoms with Crippen molar-refractivity contribution in [3.63, 3.8) is 0 Å². The van der Waals surface area contributed by atoms with Gasteiger partial charge in [0.2, 0.25) is 0 Å². The summed E-state index contributed by atoms with van der Waals surface area (Å²) in [6.45, 7) is 3.86. The molecule has 0 aromatic heterocycles. The molecular weight excluding hydrogens is 96.1 g/mol. The molecule has 0 bridgehead atoms. The van der Waals surface area contributed by atoms with Crippen LogP contribution in [0.25, 0.3) is 0 Å². The summed E-state index contributed by atoms with van der Waals surface area (Å²) in [7, 11) is 0. The number of hydrogen-bond donors (Lipinski definition) is 0. The van der Waals surface area contributed by atoms with Crippen LogP contribution in [-0.2, 0) is 0 Å². The van der Waals surface area contributed by atoms with Gasteiger partial charge in [-0.3, -0.25) is 0 Å². The van der Waals surface area contributed by atoms with Gasteiger partial charge in [-0.05, 0) is 18.8 Å². The van der Waals surface area contributed by atoms with Gasteiger partial charge in [0, 0.05) is 0 Å². The molecule has 0 N–H and O–H groups in total. The van der Waals surface area contributed by atoms with Crippen LogP contribution in [0, 0.1) is 19.3 Å². The second kappa shape index (κ2) is 3.01. The summed E-state index contributed by atoms with van der Waals surface area (Å²) in [5, 5.41) is 0. The Kier molecular flexibility index (Phi) is 2.26. The zero-order chi connectivity index (χ0) is 5.82. The summed E-state index contributed by atoms with van der Waals surface area (Å²) < 4.78 is 0. The molecule has 1 rings (SSSR count). The fraction of sp³-hybridized carbons (Fsp3) is 0.625. The summed E-state index contributed by atoms with van der Waals surface area (Å²) in [5.74, 6) is 1.66. The Morgan fingerprint density at radius 1 is 1.38 bits per heavy atom. The summed E-state index contributed by atoms with van der Waals surface area (Å²) in [5.41, 5.74) is 0. The van der Waals surface area contributed by atoms with Crippen LogP contribution >= 0.6 is 0 Å². The lowest BCUT2D eigenvalue weighted by atomic mass is 9.88. The van der Waals surface area contributed by atoms with Crippen molar-refractivity contribution in [2.45, 2.75) is 32.1 Å². The quantitative estimate of drug-likeness (QED) is 0.454. The highest BCUT2D eigenvalue weighted by atomic mass is 14.2. The van der Waals surface area contributed by atoms with E-state index in [0.29, 0.717) is 0 Å². The highest BCUT2D eigenvalue weighted by Gasteiger charge is 2.14. The molecule has 0 heteroatoms. The van der Waals surface area contributed by atoms with Gasteiger partial charge in [0.05, 0.1) is 19.3 Å². The molecule has 45 valence electrons. The molecule has 8 heavy (non-hydrogen) atoms. The van der Waals surface area contributed by atoms with Gasteiger partial charge in [0.25, 0.3) is 0 Å². The largest absolute Gasteiger partial charge is 0.343 e. The third kappa shape index (κ3) is 1.43. The Balaban J connectivity index is 2.13. The van der Waals surface area contributed by atoms with Gasteiger partial charge in [0.1, 0.15) is 0 Å². The maximum Gasteiger partial charge on any atom is 0.0880 e. The minimum Gasteiger partial charge on any atom is -0.343 e. The summed E-state index contributed by atoms with van der Waals surface area (Å²) in [6.07, 6.45) is 8.65. The zero-order valence-electron chi connectivity index (χ0n) is 5.32. The molecule has 0 aromatic rings. The third-order valence-electron chi connectivity index (χ3n) is 1.76. The van der Waals surface area contributed by atoms with E-state index in [0.717, 1.165) is 6.42 Å². The van der Waals surface area contributed by atoms with Crippen molar-refractivity contribution in [3.8, 4) is 0 Å². The van der Waals surface area contributed by atoms with Crippen LogP contribution in [0.2, 0.25) is 0 Å². The molecule has 1 aliphatic carbocycles. The van der Waals surface area contributed by atoms with E-state index >= 15 is 0 Å². The SMILES string of the molecule is [CH2-]C[C]1CC[CH+]CC1. The van der Waals surface area contributed by atoms with Crippen LogP contribution < -0.4 is 0 Å². The van der Waals surface area contributed by atoms with E-state index in [1.54, 1.807) is 5.92 Å². The van der Waals surface area contributed by atoms with Crippen LogP contribution in [0.1, 0.15) is 32.1 Å². The van der Waals surface area contributed by atoms with Gasteiger partial charge in [0.15, 0.2) is 0 Å². The monoisotopic (exact) mass is 109 g/mol. The first-order valence-corrected chi connectivity index (χ1v) is 3.38. The number of hydrogen-bond acceptors (Lipinski definition) is 0. The van der Waals surface area contributed by atoms with Crippen molar-refractivity contribution in [2.24, 2.45) is 0 Å². The van der Waals surface area contributed by atoms with Crippen molar-refractivity contribution in [2.75, 3.05) is 0 Å². The van der Waals surface area contributed by atoms with E-state index in [2.05, 4.69) is 13.3 Å². The van der Waals surface area contributed by atoms with Crippen LogP contribution in [0.5, 0.6) is 0 Å². The normalized spacial score (nSPS) is 22.6. The molecule has 0 amide bonds. The van der Waals surface area contributed by atoms with Crippen LogP contribution in [-0.4, -0.2) is 0 Å². The van der Waals surface area contributed by atoms with Crippen LogP contribution in [0.4, 0.5) is 0 Å². The van der Waals surface area contributed by atoms with Crippen molar-refractivity contribution in [3.05, 3.63) is 19.3 Å². The van der Waals surface area contributed by atoms with Gasteiger partial charge in [-0.15, -0.1) is 0 Å².